The Bertz CT molecular complexity index is 1170. The van der Waals surface area contributed by atoms with E-state index in [1.165, 1.54) is 11.3 Å². The largest absolute Gasteiger partial charge is 0.465 e. The Morgan fingerprint density at radius 1 is 1.31 bits per heavy atom. The third kappa shape index (κ3) is 5.27. The lowest BCUT2D eigenvalue weighted by atomic mass is 9.91. The van der Waals surface area contributed by atoms with Crippen LogP contribution in [0.15, 0.2) is 30.5 Å². The number of fused-ring (bicyclic) bond motifs is 3. The molecule has 0 bridgehead atoms. The number of nitrogens with zero attached hydrogens (tertiary/aromatic N) is 3. The van der Waals surface area contributed by atoms with E-state index in [2.05, 4.69) is 20.9 Å². The molecule has 6 nitrogen and oxygen atoms in total. The van der Waals surface area contributed by atoms with Gasteiger partial charge in [-0.25, -0.2) is 13.8 Å². The number of thiazole rings is 1. The number of aliphatic hydroxyl groups excluding tert-OH is 1. The zero-order chi connectivity index (χ0) is 25.3. The first-order chi connectivity index (χ1) is 17.4. The van der Waals surface area contributed by atoms with Gasteiger partial charge in [-0.05, 0) is 50.8 Å². The normalized spacial score (nSPS) is 23.8. The molecule has 0 unspecified atom stereocenters. The van der Waals surface area contributed by atoms with Crippen LogP contribution in [0.1, 0.15) is 48.4 Å². The van der Waals surface area contributed by atoms with Crippen LogP contribution in [0.4, 0.5) is 13.2 Å². The van der Waals surface area contributed by atoms with E-state index in [0.29, 0.717) is 18.0 Å². The summed E-state index contributed by atoms with van der Waals surface area (Å²) < 4.78 is 47.7. The van der Waals surface area contributed by atoms with E-state index in [9.17, 15) is 18.3 Å². The number of rotatable bonds is 9. The van der Waals surface area contributed by atoms with Gasteiger partial charge < -0.3 is 14.8 Å². The lowest BCUT2D eigenvalue weighted by molar-refractivity contribution is -0.0862. The van der Waals surface area contributed by atoms with Gasteiger partial charge in [-0.2, -0.15) is 0 Å². The molecule has 1 saturated heterocycles. The maximum atomic E-state index is 14.5. The predicted octanol–water partition coefficient (Wildman–Crippen LogP) is 4.79. The summed E-state index contributed by atoms with van der Waals surface area (Å²) in [4.78, 5) is 12.8. The van der Waals surface area contributed by atoms with Gasteiger partial charge >= 0.3 is 0 Å². The first-order valence-electron chi connectivity index (χ1n) is 12.6. The van der Waals surface area contributed by atoms with Crippen molar-refractivity contribution in [3.8, 4) is 5.19 Å². The molecule has 10 heteroatoms. The lowest BCUT2D eigenvalue weighted by Crippen LogP contribution is -2.49. The van der Waals surface area contributed by atoms with Gasteiger partial charge in [-0.3, -0.25) is 14.2 Å². The first-order valence-corrected chi connectivity index (χ1v) is 13.4. The highest BCUT2D eigenvalue weighted by Crippen LogP contribution is 2.44. The number of aromatic amines is 1. The fourth-order valence-corrected chi connectivity index (χ4v) is 6.53. The smallest absolute Gasteiger partial charge is 0.283 e. The molecule has 0 spiro atoms. The number of piperidine rings is 1. The molecule has 0 aliphatic carbocycles. The van der Waals surface area contributed by atoms with E-state index < -0.39 is 25.1 Å². The third-order valence-electron chi connectivity index (χ3n) is 7.27. The number of para-hydroxylation sites is 1. The van der Waals surface area contributed by atoms with Crippen LogP contribution in [0.2, 0.25) is 0 Å². The average Bonchev–Trinajstić information content (AvgIpc) is 3.48. The fourth-order valence-electron chi connectivity index (χ4n) is 5.57. The SMILES string of the molecule is C[C@@H]1Cc2c([nH]c3ccccc23)[C@@H](c2cnc(O[C@@H]3CCCN(CCCF)C3)s2)N1CC(F)(F)CO. The van der Waals surface area contributed by atoms with Gasteiger partial charge in [0.15, 0.2) is 0 Å². The van der Waals surface area contributed by atoms with Gasteiger partial charge in [-0.15, -0.1) is 0 Å². The first kappa shape index (κ1) is 25.5. The van der Waals surface area contributed by atoms with Crippen LogP contribution in [-0.2, 0) is 6.42 Å². The standard InChI is InChI=1S/C26H33F3N4O2S/c1-17-12-20-19-7-2-3-8-21(19)31-23(20)24(33(17)15-26(28,29)16-34)22-13-30-25(36-22)35-18-6-4-10-32(14-18)11-5-9-27/h2-3,7-8,13,17-18,24,31,34H,4-6,9-12,14-16H2,1H3/t17-,18-,24-/m1/s1. The number of benzene rings is 1. The van der Waals surface area contributed by atoms with Gasteiger partial charge in [0.05, 0.1) is 24.1 Å². The Morgan fingerprint density at radius 3 is 2.94 bits per heavy atom. The molecule has 3 aromatic rings. The van der Waals surface area contributed by atoms with E-state index in [-0.39, 0.29) is 18.8 Å². The van der Waals surface area contributed by atoms with E-state index >= 15 is 0 Å². The summed E-state index contributed by atoms with van der Waals surface area (Å²) in [5, 5.41) is 10.9. The zero-order valence-electron chi connectivity index (χ0n) is 20.4. The average molecular weight is 523 g/mol. The Balaban J connectivity index is 1.43. The van der Waals surface area contributed by atoms with Crippen molar-refractivity contribution in [2.45, 2.75) is 56.7 Å². The van der Waals surface area contributed by atoms with Gasteiger partial charge in [-0.1, -0.05) is 29.5 Å². The molecular formula is C26H33F3N4O2S. The van der Waals surface area contributed by atoms with Crippen LogP contribution in [0, 0.1) is 0 Å². The van der Waals surface area contributed by atoms with Crippen LogP contribution in [0.3, 0.4) is 0 Å². The molecule has 196 valence electrons. The van der Waals surface area contributed by atoms with E-state index in [4.69, 9.17) is 4.74 Å². The molecule has 4 heterocycles. The van der Waals surface area contributed by atoms with Crippen molar-refractivity contribution in [3.05, 3.63) is 46.6 Å². The molecule has 1 aromatic carbocycles. The molecule has 2 aromatic heterocycles. The minimum absolute atomic E-state index is 0.0268. The third-order valence-corrected chi connectivity index (χ3v) is 8.21. The van der Waals surface area contributed by atoms with Gasteiger partial charge in [0.2, 0.25) is 0 Å². The maximum Gasteiger partial charge on any atom is 0.283 e. The summed E-state index contributed by atoms with van der Waals surface area (Å²) in [5.41, 5.74) is 3.01. The fraction of sp³-hybridized carbons (Fsp3) is 0.577. The minimum Gasteiger partial charge on any atom is -0.465 e. The van der Waals surface area contributed by atoms with Crippen LogP contribution in [-0.4, -0.2) is 82.4 Å². The molecule has 0 amide bonds. The van der Waals surface area contributed by atoms with E-state index in [0.717, 1.165) is 59.5 Å². The number of hydrogen-bond acceptors (Lipinski definition) is 6. The second-order valence-corrected chi connectivity index (χ2v) is 11.0. The van der Waals surface area contributed by atoms with Crippen LogP contribution in [0.5, 0.6) is 5.19 Å². The van der Waals surface area contributed by atoms with Crippen molar-refractivity contribution in [2.75, 3.05) is 39.5 Å². The number of aromatic nitrogens is 2. The summed E-state index contributed by atoms with van der Waals surface area (Å²) in [6.45, 7) is 2.29. The molecule has 2 N–H and O–H groups in total. The molecule has 5 rings (SSSR count). The molecule has 0 radical (unpaired) electrons. The van der Waals surface area contributed by atoms with Gasteiger partial charge in [0.25, 0.3) is 11.1 Å². The lowest BCUT2D eigenvalue weighted by Gasteiger charge is -2.41. The summed E-state index contributed by atoms with van der Waals surface area (Å²) in [5.74, 6) is -3.22. The second kappa shape index (κ2) is 10.7. The van der Waals surface area contributed by atoms with Crippen LogP contribution in [0.25, 0.3) is 10.9 Å². The monoisotopic (exact) mass is 522 g/mol. The van der Waals surface area contributed by atoms with E-state index in [1.54, 1.807) is 11.1 Å². The Hall–Kier alpha value is -2.14. The van der Waals surface area contributed by atoms with E-state index in [1.807, 2.05) is 25.1 Å². The van der Waals surface area contributed by atoms with Crippen molar-refractivity contribution < 1.29 is 23.0 Å². The van der Waals surface area contributed by atoms with Crippen molar-refractivity contribution >= 4 is 22.2 Å². The van der Waals surface area contributed by atoms with Crippen molar-refractivity contribution in [3.63, 3.8) is 0 Å². The molecule has 1 fully saturated rings. The summed E-state index contributed by atoms with van der Waals surface area (Å²) in [7, 11) is 0. The van der Waals surface area contributed by atoms with Crippen molar-refractivity contribution in [2.24, 2.45) is 0 Å². The maximum absolute atomic E-state index is 14.5. The number of likely N-dealkylation sites (tertiary alicyclic amines) is 1. The van der Waals surface area contributed by atoms with Crippen LogP contribution < -0.4 is 4.74 Å². The van der Waals surface area contributed by atoms with Crippen LogP contribution >= 0.6 is 11.3 Å². The molecule has 2 aliphatic heterocycles. The summed E-state index contributed by atoms with van der Waals surface area (Å²) in [6.07, 6.45) is 4.75. The minimum atomic E-state index is -3.22. The van der Waals surface area contributed by atoms with Crippen molar-refractivity contribution in [1.29, 1.82) is 0 Å². The Morgan fingerprint density at radius 2 is 2.14 bits per heavy atom. The second-order valence-electron chi connectivity index (χ2n) is 9.96. The Labute approximate surface area is 213 Å². The highest BCUT2D eigenvalue weighted by atomic mass is 32.1. The highest BCUT2D eigenvalue weighted by molar-refractivity contribution is 7.13. The topological polar surface area (TPSA) is 64.6 Å². The van der Waals surface area contributed by atoms with Crippen molar-refractivity contribution in [1.82, 2.24) is 19.8 Å². The Kier molecular flexibility index (Phi) is 7.57. The molecular weight excluding hydrogens is 489 g/mol. The summed E-state index contributed by atoms with van der Waals surface area (Å²) in [6, 6.07) is 7.40. The number of alkyl halides is 3. The summed E-state index contributed by atoms with van der Waals surface area (Å²) >= 11 is 1.38. The molecule has 3 atom stereocenters. The predicted molar refractivity (Wildman–Crippen MR) is 135 cm³/mol. The number of halogens is 3. The number of nitrogens with one attached hydrogen (secondary N) is 1. The highest BCUT2D eigenvalue weighted by Gasteiger charge is 2.42. The zero-order valence-corrected chi connectivity index (χ0v) is 21.2. The number of aliphatic hydroxyl groups is 1. The molecule has 0 saturated carbocycles. The quantitative estimate of drug-likeness (QED) is 0.423. The van der Waals surface area contributed by atoms with Gasteiger partial charge in [0, 0.05) is 41.9 Å². The molecule has 36 heavy (non-hydrogen) atoms. The molecule has 2 aliphatic rings. The number of hydrogen-bond donors (Lipinski definition) is 2. The number of H-pyrrole nitrogens is 1. The van der Waals surface area contributed by atoms with Gasteiger partial charge in [0.1, 0.15) is 12.7 Å². The number of ether oxygens (including phenoxy) is 1.